The third-order valence-electron chi connectivity index (χ3n) is 2.71. The summed E-state index contributed by atoms with van der Waals surface area (Å²) in [6, 6.07) is 0.726. The number of hydrogen-bond acceptors (Lipinski definition) is 1. The quantitative estimate of drug-likeness (QED) is 0.452. The Labute approximate surface area is 92.7 Å². The van der Waals surface area contributed by atoms with Gasteiger partial charge in [-0.05, 0) is 18.8 Å². The van der Waals surface area contributed by atoms with Crippen molar-refractivity contribution < 1.29 is 0 Å². The lowest BCUT2D eigenvalue weighted by atomic mass is 10.0. The third kappa shape index (κ3) is 8.97. The molecule has 0 aromatic rings. The van der Waals surface area contributed by atoms with Crippen LogP contribution >= 0.6 is 9.39 Å². The summed E-state index contributed by atoms with van der Waals surface area (Å²) in [4.78, 5) is 0. The summed E-state index contributed by atoms with van der Waals surface area (Å²) in [5.41, 5.74) is 0. The van der Waals surface area contributed by atoms with E-state index in [-0.39, 0.29) is 0 Å². The fourth-order valence-corrected chi connectivity index (χ4v) is 2.11. The Morgan fingerprint density at radius 2 is 1.64 bits per heavy atom. The molecule has 0 bridgehead atoms. The molecular weight excluding hydrogens is 189 g/mol. The molecule has 1 N–H and O–H groups in total. The standard InChI is InChI=1S/C12H28NP/c1-4-8-12(13-14)10-7-5-6-9-11(2)3/h11-13H,4-10,14H2,1-3H3. The number of unbranched alkanes of at least 4 members (excludes halogenated alkanes) is 2. The van der Waals surface area contributed by atoms with Gasteiger partial charge in [-0.3, -0.25) is 5.09 Å². The lowest BCUT2D eigenvalue weighted by Gasteiger charge is -2.14. The normalized spacial score (nSPS) is 13.5. The molecule has 0 aromatic carbocycles. The molecule has 0 amide bonds. The first-order valence-corrected chi connectivity index (χ1v) is 6.74. The van der Waals surface area contributed by atoms with E-state index in [0.717, 1.165) is 12.0 Å². The molecule has 0 fully saturated rings. The summed E-state index contributed by atoms with van der Waals surface area (Å²) in [6.45, 7) is 6.88. The van der Waals surface area contributed by atoms with Crippen LogP contribution in [0.25, 0.3) is 0 Å². The molecule has 0 saturated heterocycles. The maximum Gasteiger partial charge on any atom is 0.00987 e. The van der Waals surface area contributed by atoms with Gasteiger partial charge in [0.15, 0.2) is 0 Å². The van der Waals surface area contributed by atoms with Crippen molar-refractivity contribution in [3.8, 4) is 0 Å². The molecule has 0 heterocycles. The zero-order chi connectivity index (χ0) is 10.8. The maximum absolute atomic E-state index is 3.32. The van der Waals surface area contributed by atoms with Gasteiger partial charge < -0.3 is 0 Å². The van der Waals surface area contributed by atoms with Crippen LogP contribution in [0.1, 0.15) is 65.7 Å². The molecule has 2 unspecified atom stereocenters. The highest BCUT2D eigenvalue weighted by Gasteiger charge is 2.03. The Hall–Kier alpha value is 0.390. The Morgan fingerprint density at radius 3 is 2.14 bits per heavy atom. The highest BCUT2D eigenvalue weighted by atomic mass is 31.0. The van der Waals surface area contributed by atoms with Gasteiger partial charge in [0.1, 0.15) is 0 Å². The maximum atomic E-state index is 3.32. The van der Waals surface area contributed by atoms with E-state index < -0.39 is 0 Å². The molecule has 0 saturated carbocycles. The van der Waals surface area contributed by atoms with Crippen LogP contribution in [0.2, 0.25) is 0 Å². The van der Waals surface area contributed by atoms with Gasteiger partial charge in [0.25, 0.3) is 0 Å². The van der Waals surface area contributed by atoms with E-state index in [1.165, 1.54) is 44.9 Å². The molecule has 1 nitrogen and oxygen atoms in total. The molecule has 0 aliphatic carbocycles. The van der Waals surface area contributed by atoms with Crippen molar-refractivity contribution in [1.82, 2.24) is 5.09 Å². The van der Waals surface area contributed by atoms with Gasteiger partial charge in [-0.2, -0.15) is 0 Å². The van der Waals surface area contributed by atoms with Gasteiger partial charge in [0.05, 0.1) is 0 Å². The largest absolute Gasteiger partial charge is 0.298 e. The zero-order valence-corrected chi connectivity index (χ0v) is 11.3. The third-order valence-corrected chi connectivity index (χ3v) is 3.18. The number of rotatable bonds is 9. The van der Waals surface area contributed by atoms with Gasteiger partial charge in [0.2, 0.25) is 0 Å². The van der Waals surface area contributed by atoms with Gasteiger partial charge >= 0.3 is 0 Å². The topological polar surface area (TPSA) is 12.0 Å². The van der Waals surface area contributed by atoms with E-state index in [0.29, 0.717) is 0 Å². The Morgan fingerprint density at radius 1 is 1.00 bits per heavy atom. The minimum Gasteiger partial charge on any atom is -0.298 e. The van der Waals surface area contributed by atoms with E-state index in [1.54, 1.807) is 0 Å². The molecule has 0 aliphatic heterocycles. The Bertz CT molecular complexity index is 115. The predicted octanol–water partition coefficient (Wildman–Crippen LogP) is 4.14. The second-order valence-corrected chi connectivity index (χ2v) is 5.02. The molecule has 0 spiro atoms. The minimum atomic E-state index is 0.726. The molecular formula is C12H28NP. The predicted molar refractivity (Wildman–Crippen MR) is 69.5 cm³/mol. The molecule has 0 aliphatic rings. The molecule has 86 valence electrons. The van der Waals surface area contributed by atoms with Crippen LogP contribution < -0.4 is 5.09 Å². The summed E-state index contributed by atoms with van der Waals surface area (Å²) < 4.78 is 0. The van der Waals surface area contributed by atoms with Crippen LogP contribution in [0.15, 0.2) is 0 Å². The van der Waals surface area contributed by atoms with Crippen molar-refractivity contribution in [2.75, 3.05) is 0 Å². The lowest BCUT2D eigenvalue weighted by molar-refractivity contribution is 0.472. The second kappa shape index (κ2) is 9.93. The van der Waals surface area contributed by atoms with E-state index in [4.69, 9.17) is 0 Å². The van der Waals surface area contributed by atoms with Crippen LogP contribution in [0.4, 0.5) is 0 Å². The van der Waals surface area contributed by atoms with E-state index in [1.807, 2.05) is 0 Å². The van der Waals surface area contributed by atoms with E-state index in [9.17, 15) is 0 Å². The van der Waals surface area contributed by atoms with Crippen molar-refractivity contribution in [3.05, 3.63) is 0 Å². The Kier molecular flexibility index (Phi) is 10.2. The van der Waals surface area contributed by atoms with Crippen molar-refractivity contribution >= 4 is 9.39 Å². The highest BCUT2D eigenvalue weighted by molar-refractivity contribution is 7.13. The highest BCUT2D eigenvalue weighted by Crippen LogP contribution is 2.13. The molecule has 2 heteroatoms. The van der Waals surface area contributed by atoms with Gasteiger partial charge in [0, 0.05) is 6.04 Å². The van der Waals surface area contributed by atoms with E-state index >= 15 is 0 Å². The fourth-order valence-electron chi connectivity index (χ4n) is 1.78. The molecule has 0 rings (SSSR count). The zero-order valence-electron chi connectivity index (χ0n) is 10.2. The van der Waals surface area contributed by atoms with Crippen molar-refractivity contribution in [2.24, 2.45) is 5.92 Å². The smallest absolute Gasteiger partial charge is 0.00987 e. The minimum absolute atomic E-state index is 0.726. The summed E-state index contributed by atoms with van der Waals surface area (Å²) >= 11 is 0. The average Bonchev–Trinajstić information content (AvgIpc) is 2.15. The van der Waals surface area contributed by atoms with Crippen LogP contribution in [-0.4, -0.2) is 6.04 Å². The number of nitrogens with one attached hydrogen (secondary N) is 1. The Balaban J connectivity index is 3.24. The number of hydrogen-bond donors (Lipinski definition) is 1. The van der Waals surface area contributed by atoms with Crippen LogP contribution in [0.5, 0.6) is 0 Å². The van der Waals surface area contributed by atoms with Gasteiger partial charge in [-0.1, -0.05) is 62.3 Å². The van der Waals surface area contributed by atoms with Gasteiger partial charge in [-0.15, -0.1) is 0 Å². The van der Waals surface area contributed by atoms with Crippen LogP contribution in [0.3, 0.4) is 0 Å². The fraction of sp³-hybridized carbons (Fsp3) is 1.00. The molecule has 0 radical (unpaired) electrons. The lowest BCUT2D eigenvalue weighted by Crippen LogP contribution is -2.19. The molecule has 0 aromatic heterocycles. The summed E-state index contributed by atoms with van der Waals surface area (Å²) in [7, 11) is 2.66. The summed E-state index contributed by atoms with van der Waals surface area (Å²) in [5, 5.41) is 3.32. The SMILES string of the molecule is CCCC(CCCCCC(C)C)NP. The second-order valence-electron chi connectivity index (χ2n) is 4.68. The first kappa shape index (κ1) is 14.4. The van der Waals surface area contributed by atoms with Crippen LogP contribution in [-0.2, 0) is 0 Å². The average molecular weight is 217 g/mol. The first-order chi connectivity index (χ1) is 6.70. The first-order valence-electron chi connectivity index (χ1n) is 6.16. The van der Waals surface area contributed by atoms with Gasteiger partial charge in [-0.25, -0.2) is 0 Å². The monoisotopic (exact) mass is 217 g/mol. The van der Waals surface area contributed by atoms with Crippen molar-refractivity contribution in [3.63, 3.8) is 0 Å². The summed E-state index contributed by atoms with van der Waals surface area (Å²) in [6.07, 6.45) is 9.55. The van der Waals surface area contributed by atoms with E-state index in [2.05, 4.69) is 35.2 Å². The molecule has 14 heavy (non-hydrogen) atoms. The van der Waals surface area contributed by atoms with Crippen LogP contribution in [0, 0.1) is 5.92 Å². The molecule has 2 atom stereocenters. The van der Waals surface area contributed by atoms with Crippen molar-refractivity contribution in [1.29, 1.82) is 0 Å². The van der Waals surface area contributed by atoms with Crippen molar-refractivity contribution in [2.45, 2.75) is 71.8 Å². The summed E-state index contributed by atoms with van der Waals surface area (Å²) in [5.74, 6) is 0.876.